The molecule has 4 amide bonds. The molecule has 0 radical (unpaired) electrons. The third-order valence-electron chi connectivity index (χ3n) is 4.91. The number of nitrogens with one attached hydrogen (secondary N) is 4. The quantitative estimate of drug-likeness (QED) is 0.290. The van der Waals surface area contributed by atoms with Gasteiger partial charge in [0.05, 0.1) is 13.1 Å². The standard InChI is InChI=1S/C24H38N4O4/c1-3-5-7-11-14-21(29)26-17-22(30)27-18-23(31)28-20(24(32)25-15-6-4-2)16-19-12-9-8-10-13-19/h8-10,12-13,20H,3-7,11,14-18H2,1-2H3,(H,25,32)(H,26,29)(H,27,30)(H,28,31)/t20-/m0/s1. The Bertz CT molecular complexity index is 709. The molecule has 0 unspecified atom stereocenters. The Labute approximate surface area is 191 Å². The molecule has 0 aliphatic carbocycles. The lowest BCUT2D eigenvalue weighted by Gasteiger charge is -2.19. The normalized spacial score (nSPS) is 11.3. The van der Waals surface area contributed by atoms with Gasteiger partial charge in [-0.3, -0.25) is 19.2 Å². The molecule has 0 aliphatic rings. The number of hydrogen-bond acceptors (Lipinski definition) is 4. The van der Waals surface area contributed by atoms with Crippen LogP contribution in [-0.4, -0.2) is 49.3 Å². The summed E-state index contributed by atoms with van der Waals surface area (Å²) in [5.41, 5.74) is 0.925. The molecule has 0 fully saturated rings. The molecule has 1 aromatic carbocycles. The van der Waals surface area contributed by atoms with Gasteiger partial charge in [-0.05, 0) is 18.4 Å². The van der Waals surface area contributed by atoms with Crippen LogP contribution in [0.1, 0.15) is 64.4 Å². The highest BCUT2D eigenvalue weighted by molar-refractivity contribution is 5.91. The summed E-state index contributed by atoms with van der Waals surface area (Å²) < 4.78 is 0. The van der Waals surface area contributed by atoms with E-state index in [1.165, 1.54) is 0 Å². The summed E-state index contributed by atoms with van der Waals surface area (Å²) in [5, 5.41) is 10.6. The van der Waals surface area contributed by atoms with Crippen LogP contribution in [0, 0.1) is 0 Å². The molecule has 1 atom stereocenters. The van der Waals surface area contributed by atoms with Crippen LogP contribution < -0.4 is 21.3 Å². The number of unbranched alkanes of at least 4 members (excludes halogenated alkanes) is 4. The first-order chi connectivity index (χ1) is 15.5. The van der Waals surface area contributed by atoms with E-state index in [0.29, 0.717) is 19.4 Å². The third kappa shape index (κ3) is 12.7. The zero-order valence-corrected chi connectivity index (χ0v) is 19.4. The zero-order chi connectivity index (χ0) is 23.6. The van der Waals surface area contributed by atoms with Gasteiger partial charge in [0.15, 0.2) is 0 Å². The molecule has 0 spiro atoms. The number of hydrogen-bond donors (Lipinski definition) is 4. The van der Waals surface area contributed by atoms with Crippen molar-refractivity contribution in [2.75, 3.05) is 19.6 Å². The Balaban J connectivity index is 2.43. The van der Waals surface area contributed by atoms with E-state index >= 15 is 0 Å². The average molecular weight is 447 g/mol. The van der Waals surface area contributed by atoms with Gasteiger partial charge in [0.2, 0.25) is 23.6 Å². The number of carbonyl (C=O) groups is 4. The number of benzene rings is 1. The molecular formula is C24H38N4O4. The van der Waals surface area contributed by atoms with Gasteiger partial charge in [-0.1, -0.05) is 69.9 Å². The minimum absolute atomic E-state index is 0.174. The van der Waals surface area contributed by atoms with Crippen LogP contribution in [-0.2, 0) is 25.6 Å². The number of carbonyl (C=O) groups excluding carboxylic acids is 4. The van der Waals surface area contributed by atoms with Gasteiger partial charge in [0.25, 0.3) is 0 Å². The van der Waals surface area contributed by atoms with Gasteiger partial charge < -0.3 is 21.3 Å². The Hall–Kier alpha value is -2.90. The molecule has 32 heavy (non-hydrogen) atoms. The predicted octanol–water partition coefficient (Wildman–Crippen LogP) is 1.83. The topological polar surface area (TPSA) is 116 Å². The van der Waals surface area contributed by atoms with Crippen molar-refractivity contribution in [2.45, 2.75) is 71.3 Å². The summed E-state index contributed by atoms with van der Waals surface area (Å²) in [6, 6.07) is 8.69. The SMILES string of the molecule is CCCCCCC(=O)NCC(=O)NCC(=O)N[C@@H](Cc1ccccc1)C(=O)NCCCC. The van der Waals surface area contributed by atoms with Crippen LogP contribution in [0.2, 0.25) is 0 Å². The molecule has 0 saturated carbocycles. The first-order valence-electron chi connectivity index (χ1n) is 11.6. The smallest absolute Gasteiger partial charge is 0.242 e. The largest absolute Gasteiger partial charge is 0.354 e. The van der Waals surface area contributed by atoms with Gasteiger partial charge in [-0.15, -0.1) is 0 Å². The second kappa shape index (κ2) is 16.8. The van der Waals surface area contributed by atoms with E-state index < -0.39 is 17.9 Å². The van der Waals surface area contributed by atoms with E-state index in [1.807, 2.05) is 37.3 Å². The summed E-state index contributed by atoms with van der Waals surface area (Å²) in [6.45, 7) is 4.24. The Morgan fingerprint density at radius 2 is 1.41 bits per heavy atom. The van der Waals surface area contributed by atoms with Crippen LogP contribution in [0.5, 0.6) is 0 Å². The number of rotatable bonds is 16. The van der Waals surface area contributed by atoms with E-state index in [4.69, 9.17) is 0 Å². The summed E-state index contributed by atoms with van der Waals surface area (Å²) in [6.07, 6.45) is 6.53. The first-order valence-corrected chi connectivity index (χ1v) is 11.6. The molecule has 1 rings (SSSR count). The lowest BCUT2D eigenvalue weighted by molar-refractivity contribution is -0.130. The first kappa shape index (κ1) is 27.1. The molecule has 8 heteroatoms. The molecule has 0 heterocycles. The van der Waals surface area contributed by atoms with Crippen molar-refractivity contribution in [3.63, 3.8) is 0 Å². The minimum Gasteiger partial charge on any atom is -0.354 e. The number of amides is 4. The van der Waals surface area contributed by atoms with Gasteiger partial charge in [0, 0.05) is 19.4 Å². The second-order valence-electron chi connectivity index (χ2n) is 7.82. The molecule has 4 N–H and O–H groups in total. The van der Waals surface area contributed by atoms with Gasteiger partial charge in [-0.2, -0.15) is 0 Å². The summed E-state index contributed by atoms with van der Waals surface area (Å²) in [5.74, 6) is -1.34. The molecule has 1 aromatic rings. The lowest BCUT2D eigenvalue weighted by Crippen LogP contribution is -2.51. The zero-order valence-electron chi connectivity index (χ0n) is 19.4. The van der Waals surface area contributed by atoms with E-state index in [1.54, 1.807) is 0 Å². The molecule has 0 aliphatic heterocycles. The van der Waals surface area contributed by atoms with E-state index in [-0.39, 0.29) is 24.9 Å². The van der Waals surface area contributed by atoms with Crippen molar-refractivity contribution in [1.82, 2.24) is 21.3 Å². The van der Waals surface area contributed by atoms with E-state index in [0.717, 1.165) is 44.1 Å². The molecule has 0 aromatic heterocycles. The fourth-order valence-electron chi connectivity index (χ4n) is 3.04. The maximum atomic E-state index is 12.5. The minimum atomic E-state index is -0.735. The van der Waals surface area contributed by atoms with Crippen molar-refractivity contribution >= 4 is 23.6 Å². The Kier molecular flexibility index (Phi) is 14.2. The van der Waals surface area contributed by atoms with Crippen LogP contribution in [0.15, 0.2) is 30.3 Å². The molecule has 8 nitrogen and oxygen atoms in total. The van der Waals surface area contributed by atoms with Crippen LogP contribution in [0.25, 0.3) is 0 Å². The van der Waals surface area contributed by atoms with Crippen LogP contribution in [0.3, 0.4) is 0 Å². The van der Waals surface area contributed by atoms with Crippen molar-refractivity contribution in [1.29, 1.82) is 0 Å². The fraction of sp³-hybridized carbons (Fsp3) is 0.583. The Morgan fingerprint density at radius 1 is 0.750 bits per heavy atom. The van der Waals surface area contributed by atoms with Crippen molar-refractivity contribution < 1.29 is 19.2 Å². The summed E-state index contributed by atoms with van der Waals surface area (Å²) >= 11 is 0. The van der Waals surface area contributed by atoms with Crippen molar-refractivity contribution in [3.8, 4) is 0 Å². The van der Waals surface area contributed by atoms with Gasteiger partial charge >= 0.3 is 0 Å². The highest BCUT2D eigenvalue weighted by Crippen LogP contribution is 2.04. The molecule has 178 valence electrons. The maximum absolute atomic E-state index is 12.5. The highest BCUT2D eigenvalue weighted by Gasteiger charge is 2.21. The van der Waals surface area contributed by atoms with Crippen LogP contribution >= 0.6 is 0 Å². The summed E-state index contributed by atoms with van der Waals surface area (Å²) in [4.78, 5) is 48.5. The van der Waals surface area contributed by atoms with E-state index in [9.17, 15) is 19.2 Å². The monoisotopic (exact) mass is 446 g/mol. The fourth-order valence-corrected chi connectivity index (χ4v) is 3.04. The summed E-state index contributed by atoms with van der Waals surface area (Å²) in [7, 11) is 0. The third-order valence-corrected chi connectivity index (χ3v) is 4.91. The molecule has 0 bridgehead atoms. The lowest BCUT2D eigenvalue weighted by atomic mass is 10.1. The molecule has 0 saturated heterocycles. The Morgan fingerprint density at radius 3 is 2.09 bits per heavy atom. The maximum Gasteiger partial charge on any atom is 0.242 e. The van der Waals surface area contributed by atoms with Crippen LogP contribution in [0.4, 0.5) is 0 Å². The molecular weight excluding hydrogens is 408 g/mol. The second-order valence-corrected chi connectivity index (χ2v) is 7.82. The van der Waals surface area contributed by atoms with Gasteiger partial charge in [-0.25, -0.2) is 0 Å². The highest BCUT2D eigenvalue weighted by atomic mass is 16.2. The average Bonchev–Trinajstić information content (AvgIpc) is 2.79. The predicted molar refractivity (Wildman–Crippen MR) is 125 cm³/mol. The van der Waals surface area contributed by atoms with Gasteiger partial charge in [0.1, 0.15) is 6.04 Å². The van der Waals surface area contributed by atoms with E-state index in [2.05, 4.69) is 28.2 Å². The van der Waals surface area contributed by atoms with Crippen molar-refractivity contribution in [3.05, 3.63) is 35.9 Å². The van der Waals surface area contributed by atoms with Crippen molar-refractivity contribution in [2.24, 2.45) is 0 Å².